The maximum Gasteiger partial charge on any atom is 0.192 e. The third kappa shape index (κ3) is 5.32. The third-order valence-electron chi connectivity index (χ3n) is 7.12. The Labute approximate surface area is 201 Å². The molecular formula is C30H33F3O. The highest BCUT2D eigenvalue weighted by Crippen LogP contribution is 2.38. The summed E-state index contributed by atoms with van der Waals surface area (Å²) in [7, 11) is 1.33. The monoisotopic (exact) mass is 466 g/mol. The second-order valence-electron chi connectivity index (χ2n) is 9.34. The largest absolute Gasteiger partial charge is 0.498 e. The van der Waals surface area contributed by atoms with Gasteiger partial charge in [0.1, 0.15) is 11.6 Å². The molecule has 180 valence electrons. The Morgan fingerprint density at radius 1 is 0.912 bits per heavy atom. The quantitative estimate of drug-likeness (QED) is 0.371. The summed E-state index contributed by atoms with van der Waals surface area (Å²) < 4.78 is 48.7. The molecule has 0 spiro atoms. The number of methoxy groups -OCH3 is 1. The number of allylic oxidation sites excluding steroid dienone is 6. The molecule has 1 nitrogen and oxygen atoms in total. The summed E-state index contributed by atoms with van der Waals surface area (Å²) in [5.41, 5.74) is 3.14. The van der Waals surface area contributed by atoms with Crippen molar-refractivity contribution >= 4 is 5.57 Å². The van der Waals surface area contributed by atoms with Gasteiger partial charge in [0.05, 0.1) is 7.11 Å². The molecule has 0 bridgehead atoms. The predicted octanol–water partition coefficient (Wildman–Crippen LogP) is 8.73. The van der Waals surface area contributed by atoms with E-state index in [2.05, 4.69) is 19.1 Å². The molecule has 0 heterocycles. The molecule has 0 radical (unpaired) electrons. The average Bonchev–Trinajstić information content (AvgIpc) is 2.86. The molecule has 2 atom stereocenters. The van der Waals surface area contributed by atoms with Crippen molar-refractivity contribution in [1.82, 2.24) is 0 Å². The van der Waals surface area contributed by atoms with Crippen molar-refractivity contribution in [3.05, 3.63) is 89.5 Å². The minimum Gasteiger partial charge on any atom is -0.498 e. The van der Waals surface area contributed by atoms with E-state index in [9.17, 15) is 8.78 Å². The van der Waals surface area contributed by atoms with E-state index in [1.807, 2.05) is 12.1 Å². The highest BCUT2D eigenvalue weighted by Gasteiger charge is 2.32. The fourth-order valence-electron chi connectivity index (χ4n) is 5.06. The Morgan fingerprint density at radius 3 is 2.26 bits per heavy atom. The first-order valence-electron chi connectivity index (χ1n) is 12.3. The van der Waals surface area contributed by atoms with Gasteiger partial charge in [-0.3, -0.25) is 0 Å². The van der Waals surface area contributed by atoms with Gasteiger partial charge in [-0.15, -0.1) is 0 Å². The number of halogens is 3. The van der Waals surface area contributed by atoms with Gasteiger partial charge in [-0.2, -0.15) is 0 Å². The number of alkyl halides is 2. The molecule has 4 rings (SSSR count). The second kappa shape index (κ2) is 11.1. The maximum atomic E-state index is 15.1. The van der Waals surface area contributed by atoms with E-state index < -0.39 is 12.3 Å². The summed E-state index contributed by atoms with van der Waals surface area (Å²) in [5.74, 6) is 0.793. The SMILES string of the molecule is CCC/C=C/C1CCC(c2ccc(-c3ccc(C4=CC=C(OC)C(F)C4F)cc3)c(F)c2)CC1. The molecule has 1 saturated carbocycles. The van der Waals surface area contributed by atoms with E-state index in [1.165, 1.54) is 25.7 Å². The minimum atomic E-state index is -1.82. The van der Waals surface area contributed by atoms with Gasteiger partial charge in [0.2, 0.25) is 0 Å². The lowest BCUT2D eigenvalue weighted by Gasteiger charge is -2.27. The lowest BCUT2D eigenvalue weighted by molar-refractivity contribution is 0.152. The first-order valence-corrected chi connectivity index (χ1v) is 12.3. The zero-order chi connectivity index (χ0) is 24.1. The second-order valence-corrected chi connectivity index (χ2v) is 9.34. The zero-order valence-corrected chi connectivity index (χ0v) is 19.9. The standard InChI is InChI=1S/C30H33F3O/c1-3-4-5-6-20-7-9-21(10-8-20)24-15-16-25(27(31)19-24)22-11-13-23(14-12-22)26-17-18-28(34-2)30(33)29(26)32/h5-6,11-21,29-30H,3-4,7-10H2,1-2H3/b6-5+. The molecule has 2 unspecified atom stereocenters. The molecule has 2 aliphatic rings. The molecule has 2 aromatic carbocycles. The fourth-order valence-corrected chi connectivity index (χ4v) is 5.06. The highest BCUT2D eigenvalue weighted by atomic mass is 19.2. The van der Waals surface area contributed by atoms with Crippen molar-refractivity contribution in [2.45, 2.75) is 63.7 Å². The van der Waals surface area contributed by atoms with Gasteiger partial charge in [0.15, 0.2) is 12.3 Å². The normalized spacial score (nSPS) is 25.2. The van der Waals surface area contributed by atoms with Crippen molar-refractivity contribution in [2.75, 3.05) is 7.11 Å². The van der Waals surface area contributed by atoms with E-state index in [1.54, 1.807) is 30.3 Å². The first kappa shape index (κ1) is 24.4. The van der Waals surface area contributed by atoms with Crippen LogP contribution >= 0.6 is 0 Å². The molecule has 34 heavy (non-hydrogen) atoms. The molecule has 2 aromatic rings. The predicted molar refractivity (Wildman–Crippen MR) is 133 cm³/mol. The molecule has 0 amide bonds. The van der Waals surface area contributed by atoms with Crippen molar-refractivity contribution in [3.8, 4) is 11.1 Å². The van der Waals surface area contributed by atoms with Gasteiger partial charge in [-0.25, -0.2) is 13.2 Å². The zero-order valence-electron chi connectivity index (χ0n) is 19.9. The molecule has 0 N–H and O–H groups in total. The van der Waals surface area contributed by atoms with Crippen LogP contribution in [0.4, 0.5) is 13.2 Å². The van der Waals surface area contributed by atoms with Crippen molar-refractivity contribution in [3.63, 3.8) is 0 Å². The lowest BCUT2D eigenvalue weighted by atomic mass is 9.78. The van der Waals surface area contributed by atoms with Crippen LogP contribution in [-0.2, 0) is 4.74 Å². The van der Waals surface area contributed by atoms with Crippen molar-refractivity contribution in [1.29, 1.82) is 0 Å². The number of unbranched alkanes of at least 4 members (excludes halogenated alkanes) is 1. The molecule has 1 fully saturated rings. The van der Waals surface area contributed by atoms with E-state index in [4.69, 9.17) is 4.74 Å². The number of rotatable bonds is 7. The molecule has 0 aromatic heterocycles. The Bertz CT molecular complexity index is 1060. The summed E-state index contributed by atoms with van der Waals surface area (Å²) in [6, 6.07) is 12.5. The first-order chi connectivity index (χ1) is 16.5. The van der Waals surface area contributed by atoms with Crippen LogP contribution < -0.4 is 0 Å². The Balaban J connectivity index is 1.45. The summed E-state index contributed by atoms with van der Waals surface area (Å²) in [5, 5.41) is 0. The van der Waals surface area contributed by atoms with Gasteiger partial charge in [0.25, 0.3) is 0 Å². The number of benzene rings is 2. The summed E-state index contributed by atoms with van der Waals surface area (Å²) >= 11 is 0. The van der Waals surface area contributed by atoms with E-state index in [-0.39, 0.29) is 17.1 Å². The topological polar surface area (TPSA) is 9.23 Å². The Morgan fingerprint density at radius 2 is 1.62 bits per heavy atom. The molecule has 0 saturated heterocycles. The molecule has 0 aliphatic heterocycles. The van der Waals surface area contributed by atoms with Crippen molar-refractivity contribution < 1.29 is 17.9 Å². The summed E-state index contributed by atoms with van der Waals surface area (Å²) in [4.78, 5) is 0. The van der Waals surface area contributed by atoms with Crippen LogP contribution in [-0.4, -0.2) is 19.5 Å². The lowest BCUT2D eigenvalue weighted by Crippen LogP contribution is -2.24. The minimum absolute atomic E-state index is 0.0172. The smallest absolute Gasteiger partial charge is 0.192 e. The van der Waals surface area contributed by atoms with Gasteiger partial charge < -0.3 is 4.74 Å². The summed E-state index contributed by atoms with van der Waals surface area (Å²) in [6.07, 6.45) is 10.8. The highest BCUT2D eigenvalue weighted by molar-refractivity contribution is 5.75. The third-order valence-corrected chi connectivity index (χ3v) is 7.12. The molecule has 2 aliphatic carbocycles. The molecular weight excluding hydrogens is 433 g/mol. The van der Waals surface area contributed by atoms with Crippen LogP contribution in [0.1, 0.15) is 62.5 Å². The van der Waals surface area contributed by atoms with Crippen LogP contribution in [0.5, 0.6) is 0 Å². The van der Waals surface area contributed by atoms with Gasteiger partial charge >= 0.3 is 0 Å². The Kier molecular flexibility index (Phi) is 7.97. The number of hydrogen-bond donors (Lipinski definition) is 0. The fraction of sp³-hybridized carbons (Fsp3) is 0.400. The van der Waals surface area contributed by atoms with E-state index in [0.29, 0.717) is 28.5 Å². The van der Waals surface area contributed by atoms with E-state index in [0.717, 1.165) is 37.7 Å². The summed E-state index contributed by atoms with van der Waals surface area (Å²) in [6.45, 7) is 2.19. The van der Waals surface area contributed by atoms with E-state index >= 15 is 4.39 Å². The van der Waals surface area contributed by atoms with Gasteiger partial charge in [-0.05, 0) is 78.3 Å². The van der Waals surface area contributed by atoms with Crippen LogP contribution in [0.15, 0.2) is 72.5 Å². The van der Waals surface area contributed by atoms with Crippen molar-refractivity contribution in [2.24, 2.45) is 5.92 Å². The number of hydrogen-bond acceptors (Lipinski definition) is 1. The maximum absolute atomic E-state index is 15.1. The van der Waals surface area contributed by atoms with Crippen LogP contribution in [0.3, 0.4) is 0 Å². The Hall–Kier alpha value is -2.75. The van der Waals surface area contributed by atoms with Crippen LogP contribution in [0, 0.1) is 11.7 Å². The average molecular weight is 467 g/mol. The van der Waals surface area contributed by atoms with Gasteiger partial charge in [-0.1, -0.05) is 68.0 Å². The van der Waals surface area contributed by atoms with Gasteiger partial charge in [0, 0.05) is 5.56 Å². The molecule has 4 heteroatoms. The van der Waals surface area contributed by atoms with Crippen LogP contribution in [0.25, 0.3) is 16.7 Å². The van der Waals surface area contributed by atoms with Crippen LogP contribution in [0.2, 0.25) is 0 Å². The number of ether oxygens (including phenoxy) is 1.